The summed E-state index contributed by atoms with van der Waals surface area (Å²) in [5.41, 5.74) is 2.18. The average Bonchev–Trinajstić information content (AvgIpc) is 2.61. The van der Waals surface area contributed by atoms with Gasteiger partial charge in [-0.3, -0.25) is 0 Å². The van der Waals surface area contributed by atoms with Crippen molar-refractivity contribution in [2.75, 3.05) is 11.5 Å². The van der Waals surface area contributed by atoms with Crippen LogP contribution in [0.5, 0.6) is 0 Å². The predicted molar refractivity (Wildman–Crippen MR) is 97.6 cm³/mol. The number of benzene rings is 2. The maximum atomic E-state index is 13.7. The molecule has 1 fully saturated rings. The quantitative estimate of drug-likeness (QED) is 0.683. The lowest BCUT2D eigenvalue weighted by Crippen LogP contribution is -2.29. The molecule has 1 saturated carbocycles. The molecule has 0 N–H and O–H groups in total. The molecule has 0 spiro atoms. The van der Waals surface area contributed by atoms with Gasteiger partial charge in [-0.05, 0) is 61.6 Å². The summed E-state index contributed by atoms with van der Waals surface area (Å²) in [6.07, 6.45) is 5.43. The van der Waals surface area contributed by atoms with Gasteiger partial charge in [0.15, 0.2) is 0 Å². The number of carbonyl (C=O) groups is 1. The molecular weight excluding hydrogens is 317 g/mol. The van der Waals surface area contributed by atoms with Gasteiger partial charge >= 0.3 is 6.09 Å². The second-order valence-corrected chi connectivity index (χ2v) is 6.74. The van der Waals surface area contributed by atoms with Gasteiger partial charge in [0.2, 0.25) is 0 Å². The number of hydrogen-bond acceptors (Lipinski definition) is 2. The zero-order chi connectivity index (χ0) is 17.6. The first-order valence-corrected chi connectivity index (χ1v) is 8.92. The molecule has 1 amide bonds. The maximum absolute atomic E-state index is 13.7. The van der Waals surface area contributed by atoms with E-state index < -0.39 is 6.09 Å². The number of hydrogen-bond donors (Lipinski definition) is 0. The van der Waals surface area contributed by atoms with Crippen LogP contribution in [-0.4, -0.2) is 12.7 Å². The number of anilines is 2. The fourth-order valence-corrected chi connectivity index (χ4v) is 3.35. The first-order valence-electron chi connectivity index (χ1n) is 8.92. The molecule has 2 aromatic carbocycles. The molecule has 0 aliphatic heterocycles. The van der Waals surface area contributed by atoms with Crippen molar-refractivity contribution >= 4 is 17.5 Å². The van der Waals surface area contributed by atoms with Crippen LogP contribution in [0.15, 0.2) is 48.5 Å². The van der Waals surface area contributed by atoms with E-state index in [9.17, 15) is 9.18 Å². The Bertz CT molecular complexity index is 680. The number of amides is 1. The van der Waals surface area contributed by atoms with Gasteiger partial charge in [-0.2, -0.15) is 0 Å². The molecule has 0 atom stereocenters. The monoisotopic (exact) mass is 341 g/mol. The molecule has 4 heteroatoms. The van der Waals surface area contributed by atoms with Crippen molar-refractivity contribution in [2.45, 2.75) is 39.0 Å². The van der Waals surface area contributed by atoms with E-state index in [1.165, 1.54) is 36.3 Å². The maximum Gasteiger partial charge on any atom is 0.418 e. The van der Waals surface area contributed by atoms with E-state index in [2.05, 4.69) is 0 Å². The molecule has 3 rings (SSSR count). The highest BCUT2D eigenvalue weighted by molar-refractivity contribution is 5.96. The zero-order valence-corrected chi connectivity index (χ0v) is 14.6. The molecule has 0 radical (unpaired) electrons. The van der Waals surface area contributed by atoms with Gasteiger partial charge in [-0.25, -0.2) is 14.1 Å². The summed E-state index contributed by atoms with van der Waals surface area (Å²) in [5.74, 6) is 0.0554. The van der Waals surface area contributed by atoms with E-state index in [1.54, 1.807) is 12.1 Å². The fourth-order valence-electron chi connectivity index (χ4n) is 3.35. The van der Waals surface area contributed by atoms with Gasteiger partial charge in [-0.1, -0.05) is 37.5 Å². The summed E-state index contributed by atoms with van der Waals surface area (Å²) >= 11 is 0. The third kappa shape index (κ3) is 4.59. The second kappa shape index (κ2) is 8.15. The lowest BCUT2D eigenvalue weighted by Gasteiger charge is -2.26. The molecule has 0 saturated heterocycles. The zero-order valence-electron chi connectivity index (χ0n) is 14.6. The first-order chi connectivity index (χ1) is 12.1. The molecule has 25 heavy (non-hydrogen) atoms. The van der Waals surface area contributed by atoms with Gasteiger partial charge in [-0.15, -0.1) is 0 Å². The topological polar surface area (TPSA) is 29.5 Å². The fraction of sp³-hybridized carbons (Fsp3) is 0.381. The first kappa shape index (κ1) is 17.5. The largest absolute Gasteiger partial charge is 0.449 e. The van der Waals surface area contributed by atoms with Crippen LogP contribution in [0.2, 0.25) is 0 Å². The molecule has 0 unspecified atom stereocenters. The van der Waals surface area contributed by atoms with E-state index in [1.807, 2.05) is 31.2 Å². The number of ether oxygens (including phenoxy) is 1. The minimum atomic E-state index is -0.457. The third-order valence-electron chi connectivity index (χ3n) is 4.68. The number of carbonyl (C=O) groups excluding carboxylic acids is 1. The van der Waals surface area contributed by atoms with Gasteiger partial charge in [0, 0.05) is 0 Å². The molecule has 3 nitrogen and oxygen atoms in total. The molecule has 0 aromatic heterocycles. The van der Waals surface area contributed by atoms with E-state index in [4.69, 9.17) is 4.74 Å². The van der Waals surface area contributed by atoms with Crippen LogP contribution in [0, 0.1) is 18.7 Å². The Morgan fingerprint density at radius 2 is 1.76 bits per heavy atom. The second-order valence-electron chi connectivity index (χ2n) is 6.74. The lowest BCUT2D eigenvalue weighted by molar-refractivity contribution is 0.124. The Kier molecular flexibility index (Phi) is 5.69. The van der Waals surface area contributed by atoms with Crippen LogP contribution in [0.4, 0.5) is 20.6 Å². The van der Waals surface area contributed by atoms with Crippen molar-refractivity contribution in [1.29, 1.82) is 0 Å². The van der Waals surface area contributed by atoms with Gasteiger partial charge in [0.25, 0.3) is 0 Å². The summed E-state index contributed by atoms with van der Waals surface area (Å²) < 4.78 is 19.3. The van der Waals surface area contributed by atoms with Crippen LogP contribution in [0.3, 0.4) is 0 Å². The summed E-state index contributed by atoms with van der Waals surface area (Å²) in [6, 6.07) is 13.6. The summed E-state index contributed by atoms with van der Waals surface area (Å²) in [6.45, 7) is 2.39. The Morgan fingerprint density at radius 3 is 2.44 bits per heavy atom. The smallest absolute Gasteiger partial charge is 0.418 e. The Hall–Kier alpha value is -2.36. The van der Waals surface area contributed by atoms with Crippen molar-refractivity contribution in [3.8, 4) is 0 Å². The van der Waals surface area contributed by atoms with Crippen LogP contribution >= 0.6 is 0 Å². The van der Waals surface area contributed by atoms with Crippen LogP contribution in [0.1, 0.15) is 37.7 Å². The van der Waals surface area contributed by atoms with Gasteiger partial charge < -0.3 is 4.74 Å². The van der Waals surface area contributed by atoms with Gasteiger partial charge in [0.05, 0.1) is 18.0 Å². The van der Waals surface area contributed by atoms with Gasteiger partial charge in [0.1, 0.15) is 5.82 Å². The highest BCUT2D eigenvalue weighted by Gasteiger charge is 2.22. The molecule has 0 heterocycles. The van der Waals surface area contributed by atoms with E-state index in [0.29, 0.717) is 23.9 Å². The number of aryl methyl sites for hydroxylation is 1. The standard InChI is InChI=1S/C21H24FNO2/c1-16-7-5-11-19(13-16)23(20-12-6-10-18(22)14-20)21(24)25-15-17-8-3-2-4-9-17/h5-7,10-14,17H,2-4,8-9,15H2,1H3. The molecule has 1 aliphatic rings. The van der Waals surface area contributed by atoms with Crippen LogP contribution in [-0.2, 0) is 4.74 Å². The highest BCUT2D eigenvalue weighted by atomic mass is 19.1. The van der Waals surface area contributed by atoms with Crippen molar-refractivity contribution in [2.24, 2.45) is 5.92 Å². The van der Waals surface area contributed by atoms with Crippen LogP contribution in [0.25, 0.3) is 0 Å². The molecule has 2 aromatic rings. The Balaban J connectivity index is 1.81. The average molecular weight is 341 g/mol. The number of nitrogens with zero attached hydrogens (tertiary/aromatic N) is 1. The number of halogens is 1. The Morgan fingerprint density at radius 1 is 1.08 bits per heavy atom. The summed E-state index contributed by atoms with van der Waals surface area (Å²) in [4.78, 5) is 14.2. The Labute approximate surface area is 148 Å². The number of rotatable bonds is 4. The van der Waals surface area contributed by atoms with Crippen molar-refractivity contribution in [1.82, 2.24) is 0 Å². The van der Waals surface area contributed by atoms with E-state index >= 15 is 0 Å². The summed E-state index contributed by atoms with van der Waals surface area (Å²) in [7, 11) is 0. The minimum Gasteiger partial charge on any atom is -0.449 e. The SMILES string of the molecule is Cc1cccc(N(C(=O)OCC2CCCCC2)c2cccc(F)c2)c1. The van der Waals surface area contributed by atoms with E-state index in [-0.39, 0.29) is 5.82 Å². The van der Waals surface area contributed by atoms with Crippen molar-refractivity contribution in [3.63, 3.8) is 0 Å². The normalized spacial score (nSPS) is 15.0. The van der Waals surface area contributed by atoms with Crippen molar-refractivity contribution < 1.29 is 13.9 Å². The molecule has 132 valence electrons. The molecular formula is C21H24FNO2. The highest BCUT2D eigenvalue weighted by Crippen LogP contribution is 2.29. The predicted octanol–water partition coefficient (Wildman–Crippen LogP) is 5.99. The molecule has 1 aliphatic carbocycles. The summed E-state index contributed by atoms with van der Waals surface area (Å²) in [5, 5.41) is 0. The van der Waals surface area contributed by atoms with Crippen LogP contribution < -0.4 is 4.90 Å². The lowest BCUT2D eigenvalue weighted by atomic mass is 9.90. The molecule has 0 bridgehead atoms. The minimum absolute atomic E-state index is 0.379. The third-order valence-corrected chi connectivity index (χ3v) is 4.68. The van der Waals surface area contributed by atoms with E-state index in [0.717, 1.165) is 18.4 Å². The van der Waals surface area contributed by atoms with Crippen molar-refractivity contribution in [3.05, 3.63) is 59.9 Å².